The van der Waals surface area contributed by atoms with Gasteiger partial charge in [-0.15, -0.1) is 0 Å². The maximum atomic E-state index is 12.2. The number of hydrogen-bond donors (Lipinski definition) is 3. The van der Waals surface area contributed by atoms with Crippen LogP contribution in [0.1, 0.15) is 15.9 Å². The van der Waals surface area contributed by atoms with E-state index in [2.05, 4.69) is 5.32 Å². The molecule has 5 heteroatoms. The second-order valence-electron chi connectivity index (χ2n) is 5.36. The maximum absolute atomic E-state index is 12.2. The molecule has 1 amide bonds. The van der Waals surface area contributed by atoms with Gasteiger partial charge in [-0.1, -0.05) is 54.6 Å². The minimum absolute atomic E-state index is 0.137. The molecule has 0 spiro atoms. The van der Waals surface area contributed by atoms with E-state index in [1.54, 1.807) is 24.3 Å². The highest BCUT2D eigenvalue weighted by Gasteiger charge is 2.10. The second-order valence-corrected chi connectivity index (χ2v) is 5.36. The van der Waals surface area contributed by atoms with Gasteiger partial charge in [0.2, 0.25) is 0 Å². The van der Waals surface area contributed by atoms with Crippen LogP contribution in [0.25, 0.3) is 10.8 Å². The Hall–Kier alpha value is -2.63. The first kappa shape index (κ1) is 15.3. The first-order valence-corrected chi connectivity index (χ1v) is 7.35. The summed E-state index contributed by atoms with van der Waals surface area (Å²) >= 11 is 0. The first-order valence-electron chi connectivity index (χ1n) is 7.35. The van der Waals surface area contributed by atoms with Gasteiger partial charge in [0.25, 0.3) is 5.91 Å². The Morgan fingerprint density at radius 2 is 1.61 bits per heavy atom. The highest BCUT2D eigenvalue weighted by molar-refractivity contribution is 6.58. The Bertz CT molecular complexity index is 831. The molecule has 3 rings (SSSR count). The van der Waals surface area contributed by atoms with E-state index in [1.807, 2.05) is 42.5 Å². The molecule has 0 atom stereocenters. The molecule has 23 heavy (non-hydrogen) atoms. The van der Waals surface area contributed by atoms with E-state index < -0.39 is 7.12 Å². The van der Waals surface area contributed by atoms with E-state index in [9.17, 15) is 4.79 Å². The fourth-order valence-electron chi connectivity index (χ4n) is 2.42. The van der Waals surface area contributed by atoms with Crippen LogP contribution in [0.2, 0.25) is 0 Å². The standard InChI is InChI=1S/C18H16BNO3/c21-18(16-8-7-14-3-1-2-4-15(14)11-16)20-12-13-5-9-17(10-6-13)19(22)23/h1-11,22-23H,12H2,(H,20,21). The molecular weight excluding hydrogens is 289 g/mol. The topological polar surface area (TPSA) is 69.6 Å². The van der Waals surface area contributed by atoms with E-state index in [0.717, 1.165) is 16.3 Å². The summed E-state index contributed by atoms with van der Waals surface area (Å²) in [6.45, 7) is 0.382. The predicted octanol–water partition coefficient (Wildman–Crippen LogP) is 1.45. The van der Waals surface area contributed by atoms with Crippen molar-refractivity contribution < 1.29 is 14.8 Å². The third kappa shape index (κ3) is 3.59. The minimum Gasteiger partial charge on any atom is -0.423 e. The summed E-state index contributed by atoms with van der Waals surface area (Å²) in [6.07, 6.45) is 0. The van der Waals surface area contributed by atoms with Crippen molar-refractivity contribution in [2.75, 3.05) is 0 Å². The van der Waals surface area contributed by atoms with Crippen LogP contribution in [0, 0.1) is 0 Å². The van der Waals surface area contributed by atoms with Gasteiger partial charge in [0, 0.05) is 12.1 Å². The molecule has 3 N–H and O–H groups in total. The Morgan fingerprint density at radius 3 is 2.30 bits per heavy atom. The number of nitrogens with one attached hydrogen (secondary N) is 1. The quantitative estimate of drug-likeness (QED) is 0.639. The van der Waals surface area contributed by atoms with Gasteiger partial charge in [0.05, 0.1) is 0 Å². The third-order valence-electron chi connectivity index (χ3n) is 3.74. The molecule has 114 valence electrons. The number of fused-ring (bicyclic) bond motifs is 1. The minimum atomic E-state index is -1.48. The molecule has 0 saturated carbocycles. The predicted molar refractivity (Wildman–Crippen MR) is 91.4 cm³/mol. The summed E-state index contributed by atoms with van der Waals surface area (Å²) in [5, 5.41) is 23.1. The van der Waals surface area contributed by atoms with Crippen molar-refractivity contribution in [1.29, 1.82) is 0 Å². The summed E-state index contributed by atoms with van der Waals surface area (Å²) in [7, 11) is -1.48. The van der Waals surface area contributed by atoms with Crippen LogP contribution >= 0.6 is 0 Å². The van der Waals surface area contributed by atoms with Crippen LogP contribution in [-0.2, 0) is 6.54 Å². The van der Waals surface area contributed by atoms with Crippen LogP contribution in [0.15, 0.2) is 66.7 Å². The summed E-state index contributed by atoms with van der Waals surface area (Å²) in [6, 6.07) is 20.3. The molecule has 0 radical (unpaired) electrons. The number of rotatable bonds is 4. The third-order valence-corrected chi connectivity index (χ3v) is 3.74. The number of carbonyl (C=O) groups is 1. The summed E-state index contributed by atoms with van der Waals surface area (Å²) in [4.78, 5) is 12.2. The smallest absolute Gasteiger partial charge is 0.423 e. The zero-order chi connectivity index (χ0) is 16.2. The summed E-state index contributed by atoms with van der Waals surface area (Å²) < 4.78 is 0. The Balaban J connectivity index is 1.68. The van der Waals surface area contributed by atoms with Crippen LogP contribution in [-0.4, -0.2) is 23.1 Å². The molecule has 0 aromatic heterocycles. The molecule has 3 aromatic carbocycles. The lowest BCUT2D eigenvalue weighted by atomic mass is 9.80. The molecule has 0 aliphatic heterocycles. The van der Waals surface area contributed by atoms with Crippen molar-refractivity contribution in [1.82, 2.24) is 5.32 Å². The van der Waals surface area contributed by atoms with Gasteiger partial charge in [-0.3, -0.25) is 4.79 Å². The van der Waals surface area contributed by atoms with Crippen molar-refractivity contribution in [3.05, 3.63) is 77.9 Å². The molecule has 0 unspecified atom stereocenters. The lowest BCUT2D eigenvalue weighted by Gasteiger charge is -2.07. The molecular formula is C18H16BNO3. The maximum Gasteiger partial charge on any atom is 0.488 e. The van der Waals surface area contributed by atoms with Gasteiger partial charge in [0.1, 0.15) is 0 Å². The van der Waals surface area contributed by atoms with Gasteiger partial charge < -0.3 is 15.4 Å². The zero-order valence-electron chi connectivity index (χ0n) is 12.4. The van der Waals surface area contributed by atoms with E-state index in [0.29, 0.717) is 17.6 Å². The van der Waals surface area contributed by atoms with Crippen molar-refractivity contribution in [2.24, 2.45) is 0 Å². The van der Waals surface area contributed by atoms with E-state index in [4.69, 9.17) is 10.0 Å². The number of amides is 1. The molecule has 3 aromatic rings. The van der Waals surface area contributed by atoms with Crippen LogP contribution in [0.4, 0.5) is 0 Å². The highest BCUT2D eigenvalue weighted by atomic mass is 16.4. The Morgan fingerprint density at radius 1 is 0.913 bits per heavy atom. The molecule has 0 bridgehead atoms. The molecule has 4 nitrogen and oxygen atoms in total. The summed E-state index contributed by atoms with van der Waals surface area (Å²) in [5.41, 5.74) is 1.93. The molecule has 0 saturated heterocycles. The highest BCUT2D eigenvalue weighted by Crippen LogP contribution is 2.15. The first-order chi connectivity index (χ1) is 11.1. The van der Waals surface area contributed by atoms with Gasteiger partial charge in [0.15, 0.2) is 0 Å². The largest absolute Gasteiger partial charge is 0.488 e. The van der Waals surface area contributed by atoms with Gasteiger partial charge in [-0.2, -0.15) is 0 Å². The van der Waals surface area contributed by atoms with Crippen molar-refractivity contribution in [3.8, 4) is 0 Å². The zero-order valence-corrected chi connectivity index (χ0v) is 12.4. The van der Waals surface area contributed by atoms with Crippen molar-refractivity contribution in [3.63, 3.8) is 0 Å². The summed E-state index contributed by atoms with van der Waals surface area (Å²) in [5.74, 6) is -0.137. The van der Waals surface area contributed by atoms with Crippen LogP contribution in [0.3, 0.4) is 0 Å². The van der Waals surface area contributed by atoms with Crippen molar-refractivity contribution in [2.45, 2.75) is 6.54 Å². The number of hydrogen-bond acceptors (Lipinski definition) is 3. The molecule has 0 heterocycles. The van der Waals surface area contributed by atoms with Crippen LogP contribution in [0.5, 0.6) is 0 Å². The average Bonchev–Trinajstić information content (AvgIpc) is 2.59. The SMILES string of the molecule is O=C(NCc1ccc(B(O)O)cc1)c1ccc2ccccc2c1. The van der Waals surface area contributed by atoms with Crippen molar-refractivity contribution >= 4 is 29.3 Å². The number of carbonyl (C=O) groups excluding carboxylic acids is 1. The Kier molecular flexibility index (Phi) is 4.41. The van der Waals surface area contributed by atoms with Gasteiger partial charge in [-0.25, -0.2) is 0 Å². The van der Waals surface area contributed by atoms with Gasteiger partial charge >= 0.3 is 7.12 Å². The monoisotopic (exact) mass is 305 g/mol. The Labute approximate surface area is 134 Å². The molecule has 0 aliphatic carbocycles. The molecule has 0 fully saturated rings. The average molecular weight is 305 g/mol. The fraction of sp³-hybridized carbons (Fsp3) is 0.0556. The fourth-order valence-corrected chi connectivity index (χ4v) is 2.42. The lowest BCUT2D eigenvalue weighted by molar-refractivity contribution is 0.0951. The lowest BCUT2D eigenvalue weighted by Crippen LogP contribution is -2.29. The van der Waals surface area contributed by atoms with Crippen LogP contribution < -0.4 is 10.8 Å². The van der Waals surface area contributed by atoms with E-state index in [-0.39, 0.29) is 5.91 Å². The number of benzene rings is 3. The van der Waals surface area contributed by atoms with E-state index >= 15 is 0 Å². The van der Waals surface area contributed by atoms with E-state index in [1.165, 1.54) is 0 Å². The van der Waals surface area contributed by atoms with Gasteiger partial charge in [-0.05, 0) is 33.9 Å². The normalized spacial score (nSPS) is 10.5. The second kappa shape index (κ2) is 6.65. The molecule has 0 aliphatic rings.